The predicted molar refractivity (Wildman–Crippen MR) is 74.2 cm³/mol. The van der Waals surface area contributed by atoms with E-state index in [1.807, 2.05) is 0 Å². The van der Waals surface area contributed by atoms with E-state index in [0.717, 1.165) is 23.7 Å². The van der Waals surface area contributed by atoms with Crippen molar-refractivity contribution in [2.75, 3.05) is 12.3 Å². The fraction of sp³-hybridized carbons (Fsp3) is 0.462. The monoisotopic (exact) mass is 312 g/mol. The normalized spacial score (nSPS) is 23.0. The Morgan fingerprint density at radius 1 is 1.50 bits per heavy atom. The molecule has 0 radical (unpaired) electrons. The van der Waals surface area contributed by atoms with Crippen molar-refractivity contribution in [2.45, 2.75) is 25.3 Å². The summed E-state index contributed by atoms with van der Waals surface area (Å²) in [5, 5.41) is 12.2. The van der Waals surface area contributed by atoms with Crippen LogP contribution in [0.1, 0.15) is 29.6 Å². The Morgan fingerprint density at radius 3 is 3.00 bits per heavy atom. The lowest BCUT2D eigenvalue weighted by molar-refractivity contribution is 0.0915. The van der Waals surface area contributed by atoms with Crippen LogP contribution >= 0.6 is 15.9 Å². The van der Waals surface area contributed by atoms with Gasteiger partial charge < -0.3 is 16.2 Å². The summed E-state index contributed by atoms with van der Waals surface area (Å²) in [7, 11) is 0. The van der Waals surface area contributed by atoms with Crippen molar-refractivity contribution in [1.82, 2.24) is 5.32 Å². The summed E-state index contributed by atoms with van der Waals surface area (Å²) in [5.74, 6) is 0.0355. The average molecular weight is 313 g/mol. The highest BCUT2D eigenvalue weighted by Crippen LogP contribution is 2.26. The minimum Gasteiger partial charge on any atom is -0.399 e. The summed E-state index contributed by atoms with van der Waals surface area (Å²) in [5.41, 5.74) is 6.79. The lowest BCUT2D eigenvalue weighted by Gasteiger charge is -2.19. The van der Waals surface area contributed by atoms with Crippen molar-refractivity contribution in [3.05, 3.63) is 28.2 Å². The molecule has 0 spiro atoms. The van der Waals surface area contributed by atoms with E-state index < -0.39 is 0 Å². The molecule has 1 saturated carbocycles. The third-order valence-corrected chi connectivity index (χ3v) is 4.14. The first-order valence-corrected chi connectivity index (χ1v) is 6.88. The molecule has 2 rings (SSSR count). The van der Waals surface area contributed by atoms with E-state index in [0.29, 0.717) is 11.3 Å². The molecule has 1 aromatic rings. The van der Waals surface area contributed by atoms with E-state index in [9.17, 15) is 9.90 Å². The number of amides is 1. The van der Waals surface area contributed by atoms with E-state index in [4.69, 9.17) is 5.73 Å². The average Bonchev–Trinajstić information content (AvgIpc) is 2.79. The zero-order valence-electron chi connectivity index (χ0n) is 10.0. The number of hydrogen-bond acceptors (Lipinski definition) is 3. The highest BCUT2D eigenvalue weighted by atomic mass is 79.9. The van der Waals surface area contributed by atoms with Crippen molar-refractivity contribution in [3.8, 4) is 0 Å². The van der Waals surface area contributed by atoms with Crippen molar-refractivity contribution < 1.29 is 9.90 Å². The standard InChI is InChI=1S/C13H17BrN2O2/c14-11-5-4-9(15)6-10(11)13(18)16-12-3-1-2-8(12)7-17/h4-6,8,12,17H,1-3,7,15H2,(H,16,18). The van der Waals surface area contributed by atoms with Gasteiger partial charge in [-0.3, -0.25) is 4.79 Å². The number of nitrogens with two attached hydrogens (primary N) is 1. The van der Waals surface area contributed by atoms with Gasteiger partial charge in [-0.2, -0.15) is 0 Å². The van der Waals surface area contributed by atoms with Crippen LogP contribution in [0, 0.1) is 5.92 Å². The van der Waals surface area contributed by atoms with Gasteiger partial charge in [0.1, 0.15) is 0 Å². The number of aliphatic hydroxyl groups is 1. The van der Waals surface area contributed by atoms with Crippen LogP contribution in [0.4, 0.5) is 5.69 Å². The molecule has 0 heterocycles. The molecule has 1 aliphatic rings. The van der Waals surface area contributed by atoms with Crippen LogP contribution in [0.2, 0.25) is 0 Å². The molecule has 0 saturated heterocycles. The van der Waals surface area contributed by atoms with Gasteiger partial charge in [-0.25, -0.2) is 0 Å². The van der Waals surface area contributed by atoms with Gasteiger partial charge in [0.2, 0.25) is 0 Å². The second-order valence-corrected chi connectivity index (χ2v) is 5.55. The first-order valence-electron chi connectivity index (χ1n) is 6.08. The Balaban J connectivity index is 2.09. The molecule has 4 nitrogen and oxygen atoms in total. The smallest absolute Gasteiger partial charge is 0.252 e. The Bertz CT molecular complexity index is 451. The number of benzene rings is 1. The van der Waals surface area contributed by atoms with Crippen LogP contribution in [0.5, 0.6) is 0 Å². The maximum atomic E-state index is 12.2. The predicted octanol–water partition coefficient (Wildman–Crippen LogP) is 1.92. The SMILES string of the molecule is Nc1ccc(Br)c(C(=O)NC2CCCC2CO)c1. The van der Waals surface area contributed by atoms with Crippen molar-refractivity contribution in [2.24, 2.45) is 5.92 Å². The molecular weight excluding hydrogens is 296 g/mol. The molecule has 5 heteroatoms. The zero-order chi connectivity index (χ0) is 13.1. The van der Waals surface area contributed by atoms with Gasteiger partial charge in [0.15, 0.2) is 0 Å². The van der Waals surface area contributed by atoms with E-state index >= 15 is 0 Å². The molecule has 2 atom stereocenters. The molecule has 1 amide bonds. The molecule has 1 fully saturated rings. The molecule has 2 unspecified atom stereocenters. The Kier molecular flexibility index (Phi) is 4.24. The molecule has 98 valence electrons. The number of anilines is 1. The largest absolute Gasteiger partial charge is 0.399 e. The lowest BCUT2D eigenvalue weighted by Crippen LogP contribution is -2.38. The summed E-state index contributed by atoms with van der Waals surface area (Å²) in [4.78, 5) is 12.2. The highest BCUT2D eigenvalue weighted by Gasteiger charge is 2.28. The fourth-order valence-electron chi connectivity index (χ4n) is 2.41. The number of hydrogen-bond donors (Lipinski definition) is 3. The van der Waals surface area contributed by atoms with Crippen molar-refractivity contribution >= 4 is 27.5 Å². The number of carbonyl (C=O) groups excluding carboxylic acids is 1. The van der Waals surface area contributed by atoms with E-state index in [1.165, 1.54) is 0 Å². The van der Waals surface area contributed by atoms with Crippen LogP contribution in [0.3, 0.4) is 0 Å². The molecule has 0 aliphatic heterocycles. The topological polar surface area (TPSA) is 75.4 Å². The summed E-state index contributed by atoms with van der Waals surface area (Å²) in [6.07, 6.45) is 2.95. The molecule has 1 aliphatic carbocycles. The summed E-state index contributed by atoms with van der Waals surface area (Å²) in [6, 6.07) is 5.23. The highest BCUT2D eigenvalue weighted by molar-refractivity contribution is 9.10. The van der Waals surface area contributed by atoms with E-state index in [2.05, 4.69) is 21.2 Å². The van der Waals surface area contributed by atoms with Gasteiger partial charge in [-0.15, -0.1) is 0 Å². The molecular formula is C13H17BrN2O2. The molecule has 4 N–H and O–H groups in total. The first-order chi connectivity index (χ1) is 8.61. The van der Waals surface area contributed by atoms with Crippen LogP contribution in [-0.2, 0) is 0 Å². The Labute approximate surface area is 115 Å². The minimum absolute atomic E-state index is 0.0656. The number of carbonyl (C=O) groups is 1. The second-order valence-electron chi connectivity index (χ2n) is 4.69. The Morgan fingerprint density at radius 2 is 2.28 bits per heavy atom. The van der Waals surface area contributed by atoms with Gasteiger partial charge in [0, 0.05) is 28.7 Å². The van der Waals surface area contributed by atoms with Crippen LogP contribution in [0.15, 0.2) is 22.7 Å². The van der Waals surface area contributed by atoms with Gasteiger partial charge >= 0.3 is 0 Å². The van der Waals surface area contributed by atoms with Crippen LogP contribution in [-0.4, -0.2) is 23.7 Å². The van der Waals surface area contributed by atoms with Gasteiger partial charge in [0.25, 0.3) is 5.91 Å². The Hall–Kier alpha value is -1.07. The van der Waals surface area contributed by atoms with Gasteiger partial charge in [-0.05, 0) is 47.0 Å². The molecule has 0 bridgehead atoms. The number of aliphatic hydroxyl groups excluding tert-OH is 1. The number of halogens is 1. The number of nitrogens with one attached hydrogen (secondary N) is 1. The summed E-state index contributed by atoms with van der Waals surface area (Å²) < 4.78 is 0.729. The summed E-state index contributed by atoms with van der Waals surface area (Å²) >= 11 is 3.35. The maximum absolute atomic E-state index is 12.2. The first kappa shape index (κ1) is 13.4. The third kappa shape index (κ3) is 2.84. The molecule has 1 aromatic carbocycles. The van der Waals surface area contributed by atoms with Gasteiger partial charge in [0.05, 0.1) is 5.56 Å². The van der Waals surface area contributed by atoms with Crippen LogP contribution < -0.4 is 11.1 Å². The van der Waals surface area contributed by atoms with Crippen molar-refractivity contribution in [3.63, 3.8) is 0 Å². The quantitative estimate of drug-likeness (QED) is 0.746. The van der Waals surface area contributed by atoms with Crippen LogP contribution in [0.25, 0.3) is 0 Å². The summed E-state index contributed by atoms with van der Waals surface area (Å²) in [6.45, 7) is 0.128. The molecule has 0 aromatic heterocycles. The maximum Gasteiger partial charge on any atom is 0.252 e. The van der Waals surface area contributed by atoms with E-state index in [1.54, 1.807) is 18.2 Å². The minimum atomic E-state index is -0.139. The van der Waals surface area contributed by atoms with E-state index in [-0.39, 0.29) is 24.5 Å². The molecule has 18 heavy (non-hydrogen) atoms. The number of rotatable bonds is 3. The zero-order valence-corrected chi connectivity index (χ0v) is 11.6. The van der Waals surface area contributed by atoms with Crippen molar-refractivity contribution in [1.29, 1.82) is 0 Å². The lowest BCUT2D eigenvalue weighted by atomic mass is 10.0. The second kappa shape index (κ2) is 5.71. The fourth-order valence-corrected chi connectivity index (χ4v) is 2.84. The third-order valence-electron chi connectivity index (χ3n) is 3.45. The van der Waals surface area contributed by atoms with Gasteiger partial charge in [-0.1, -0.05) is 6.42 Å². The number of nitrogen functional groups attached to an aromatic ring is 1.